The molecule has 0 spiro atoms. The van der Waals surface area contributed by atoms with E-state index < -0.39 is 0 Å². The lowest BCUT2D eigenvalue weighted by molar-refractivity contribution is -0.0860. The van der Waals surface area contributed by atoms with Gasteiger partial charge in [0.2, 0.25) is 0 Å². The molecule has 0 N–H and O–H groups in total. The van der Waals surface area contributed by atoms with Crippen LogP contribution in [0, 0.1) is 16.2 Å². The van der Waals surface area contributed by atoms with E-state index in [1.165, 1.54) is 11.1 Å². The minimum atomic E-state index is 0.137. The standard InChI is InChI=1S/C21H34/c1-17(2)15-13-11-12-14-16(15)18(3,4)20(7,8)21(9,10)19(17,5)6/h11-14H,1-10H3. The maximum absolute atomic E-state index is 2.47. The Morgan fingerprint density at radius 1 is 0.476 bits per heavy atom. The Bertz CT molecular complexity index is 504. The van der Waals surface area contributed by atoms with Crippen molar-refractivity contribution in [2.75, 3.05) is 0 Å². The second-order valence-corrected chi connectivity index (χ2v) is 9.67. The van der Waals surface area contributed by atoms with Crippen LogP contribution in [0.2, 0.25) is 0 Å². The highest BCUT2D eigenvalue weighted by Crippen LogP contribution is 2.68. The number of hydrogen-bond acceptors (Lipinski definition) is 0. The van der Waals surface area contributed by atoms with Gasteiger partial charge < -0.3 is 0 Å². The van der Waals surface area contributed by atoms with Crippen LogP contribution in [0.1, 0.15) is 80.4 Å². The Kier molecular flexibility index (Phi) is 3.28. The smallest absolute Gasteiger partial charge is 0.00442 e. The van der Waals surface area contributed by atoms with Crippen molar-refractivity contribution in [3.63, 3.8) is 0 Å². The van der Waals surface area contributed by atoms with Gasteiger partial charge in [0.15, 0.2) is 0 Å². The van der Waals surface area contributed by atoms with E-state index in [2.05, 4.69) is 93.5 Å². The summed E-state index contributed by atoms with van der Waals surface area (Å²) in [5, 5.41) is 0. The minimum Gasteiger partial charge on any atom is -0.0620 e. The average molecular weight is 287 g/mol. The summed E-state index contributed by atoms with van der Waals surface area (Å²) in [5.41, 5.74) is 3.90. The SMILES string of the molecule is CC1(C)c2ccccc2C(C)(C)C(C)(C)C(C)(C)C1(C)C. The van der Waals surface area contributed by atoms with Crippen molar-refractivity contribution < 1.29 is 0 Å². The van der Waals surface area contributed by atoms with Gasteiger partial charge in [0, 0.05) is 0 Å². The molecule has 1 aliphatic rings. The summed E-state index contributed by atoms with van der Waals surface area (Å²) >= 11 is 0. The molecule has 0 nitrogen and oxygen atoms in total. The Balaban J connectivity index is 2.97. The van der Waals surface area contributed by atoms with E-state index in [0.29, 0.717) is 0 Å². The molecule has 1 aromatic carbocycles. The number of benzene rings is 1. The van der Waals surface area contributed by atoms with Crippen LogP contribution in [0.5, 0.6) is 0 Å². The van der Waals surface area contributed by atoms with E-state index >= 15 is 0 Å². The molecule has 0 radical (unpaired) electrons. The van der Waals surface area contributed by atoms with E-state index in [-0.39, 0.29) is 27.1 Å². The highest BCUT2D eigenvalue weighted by atomic mass is 14.7. The molecular weight excluding hydrogens is 252 g/mol. The number of hydrogen-bond donors (Lipinski definition) is 0. The quantitative estimate of drug-likeness (QED) is 0.488. The molecule has 0 aliphatic heterocycles. The van der Waals surface area contributed by atoms with Crippen LogP contribution in [0.4, 0.5) is 0 Å². The molecule has 118 valence electrons. The largest absolute Gasteiger partial charge is 0.0620 e. The van der Waals surface area contributed by atoms with Gasteiger partial charge in [0.25, 0.3) is 0 Å². The van der Waals surface area contributed by atoms with Crippen molar-refractivity contribution in [3.8, 4) is 0 Å². The van der Waals surface area contributed by atoms with Crippen LogP contribution in [0.25, 0.3) is 0 Å². The molecule has 0 fully saturated rings. The van der Waals surface area contributed by atoms with E-state index in [4.69, 9.17) is 0 Å². The van der Waals surface area contributed by atoms with Crippen LogP contribution in [0.3, 0.4) is 0 Å². The Labute approximate surface area is 132 Å². The molecule has 0 saturated heterocycles. The molecule has 1 aromatic rings. The second-order valence-electron chi connectivity index (χ2n) is 9.67. The van der Waals surface area contributed by atoms with E-state index in [0.717, 1.165) is 0 Å². The predicted octanol–water partition coefficient (Wildman–Crippen LogP) is 6.33. The van der Waals surface area contributed by atoms with Crippen LogP contribution >= 0.6 is 0 Å². The van der Waals surface area contributed by atoms with Gasteiger partial charge in [-0.15, -0.1) is 0 Å². The fourth-order valence-corrected chi connectivity index (χ4v) is 4.59. The lowest BCUT2D eigenvalue weighted by atomic mass is 9.44. The molecule has 0 bridgehead atoms. The Morgan fingerprint density at radius 3 is 1.05 bits per heavy atom. The third-order valence-electron chi connectivity index (χ3n) is 8.52. The first-order chi connectivity index (χ1) is 9.23. The van der Waals surface area contributed by atoms with Gasteiger partial charge in [-0.3, -0.25) is 0 Å². The van der Waals surface area contributed by atoms with Crippen LogP contribution < -0.4 is 0 Å². The lowest BCUT2D eigenvalue weighted by Crippen LogP contribution is -2.55. The van der Waals surface area contributed by atoms with E-state index in [1.807, 2.05) is 0 Å². The monoisotopic (exact) mass is 286 g/mol. The van der Waals surface area contributed by atoms with Crippen molar-refractivity contribution in [3.05, 3.63) is 35.4 Å². The van der Waals surface area contributed by atoms with Gasteiger partial charge in [0.05, 0.1) is 0 Å². The first kappa shape index (κ1) is 16.6. The molecule has 1 aliphatic carbocycles. The third-order valence-corrected chi connectivity index (χ3v) is 8.52. The van der Waals surface area contributed by atoms with Crippen molar-refractivity contribution in [2.45, 2.75) is 80.1 Å². The Hall–Kier alpha value is -0.780. The zero-order chi connectivity index (χ0) is 16.5. The fraction of sp³-hybridized carbons (Fsp3) is 0.714. The predicted molar refractivity (Wildman–Crippen MR) is 93.8 cm³/mol. The molecule has 0 amide bonds. The van der Waals surface area contributed by atoms with Crippen molar-refractivity contribution in [2.24, 2.45) is 16.2 Å². The first-order valence-electron chi connectivity index (χ1n) is 8.33. The Morgan fingerprint density at radius 2 is 0.762 bits per heavy atom. The van der Waals surface area contributed by atoms with Crippen LogP contribution in [0.15, 0.2) is 24.3 Å². The molecule has 0 saturated carbocycles. The topological polar surface area (TPSA) is 0 Å². The highest BCUT2D eigenvalue weighted by molar-refractivity contribution is 5.44. The summed E-state index contributed by atoms with van der Waals surface area (Å²) < 4.78 is 0. The molecular formula is C21H34. The van der Waals surface area contributed by atoms with Gasteiger partial charge in [0.1, 0.15) is 0 Å². The zero-order valence-corrected chi connectivity index (χ0v) is 15.8. The molecule has 0 unspecified atom stereocenters. The molecule has 0 heterocycles. The highest BCUT2D eigenvalue weighted by Gasteiger charge is 2.62. The van der Waals surface area contributed by atoms with E-state index in [1.54, 1.807) is 0 Å². The number of fused-ring (bicyclic) bond motifs is 1. The van der Waals surface area contributed by atoms with Gasteiger partial charge >= 0.3 is 0 Å². The molecule has 0 aromatic heterocycles. The maximum Gasteiger partial charge on any atom is -0.00442 e. The summed E-state index contributed by atoms with van der Waals surface area (Å²) in [6.45, 7) is 24.6. The molecule has 0 heteroatoms. The lowest BCUT2D eigenvalue weighted by Gasteiger charge is -2.60. The summed E-state index contributed by atoms with van der Waals surface area (Å²) in [6, 6.07) is 9.13. The summed E-state index contributed by atoms with van der Waals surface area (Å²) in [6.07, 6.45) is 0. The van der Waals surface area contributed by atoms with Crippen LogP contribution in [-0.4, -0.2) is 0 Å². The van der Waals surface area contributed by atoms with E-state index in [9.17, 15) is 0 Å². The van der Waals surface area contributed by atoms with Gasteiger partial charge in [-0.25, -0.2) is 0 Å². The van der Waals surface area contributed by atoms with Crippen LogP contribution in [-0.2, 0) is 10.8 Å². The summed E-state index contributed by atoms with van der Waals surface area (Å²) in [7, 11) is 0. The van der Waals surface area contributed by atoms with Gasteiger partial charge in [-0.05, 0) is 38.2 Å². The fourth-order valence-electron chi connectivity index (χ4n) is 4.59. The minimum absolute atomic E-state index is 0.137. The van der Waals surface area contributed by atoms with Crippen molar-refractivity contribution in [1.82, 2.24) is 0 Å². The van der Waals surface area contributed by atoms with Crippen molar-refractivity contribution in [1.29, 1.82) is 0 Å². The molecule has 2 rings (SSSR count). The van der Waals surface area contributed by atoms with Crippen molar-refractivity contribution >= 4 is 0 Å². The first-order valence-corrected chi connectivity index (χ1v) is 8.33. The maximum atomic E-state index is 2.47. The summed E-state index contributed by atoms with van der Waals surface area (Å²) in [4.78, 5) is 0. The molecule has 21 heavy (non-hydrogen) atoms. The average Bonchev–Trinajstić information content (AvgIpc) is 2.38. The zero-order valence-electron chi connectivity index (χ0n) is 15.8. The second kappa shape index (κ2) is 4.15. The number of rotatable bonds is 0. The third kappa shape index (κ3) is 1.68. The molecule has 0 atom stereocenters. The van der Waals surface area contributed by atoms with Gasteiger partial charge in [-0.1, -0.05) is 93.5 Å². The summed E-state index contributed by atoms with van der Waals surface area (Å²) in [5.74, 6) is 0. The normalized spacial score (nSPS) is 27.5. The van der Waals surface area contributed by atoms with Gasteiger partial charge in [-0.2, -0.15) is 0 Å².